The van der Waals surface area contributed by atoms with Crippen molar-refractivity contribution in [2.45, 2.75) is 6.42 Å². The molecule has 0 atom stereocenters. The van der Waals surface area contributed by atoms with Gasteiger partial charge in [0.05, 0.1) is 0 Å². The molecule has 0 aliphatic carbocycles. The molecule has 0 radical (unpaired) electrons. The van der Waals surface area contributed by atoms with Crippen LogP contribution >= 0.6 is 15.9 Å². The first kappa shape index (κ1) is 10.6. The van der Waals surface area contributed by atoms with Gasteiger partial charge in [-0.1, -0.05) is 0 Å². The van der Waals surface area contributed by atoms with Gasteiger partial charge in [-0.3, -0.25) is 0 Å². The van der Waals surface area contributed by atoms with Crippen molar-refractivity contribution in [3.63, 3.8) is 0 Å². The number of aromatic amines is 1. The van der Waals surface area contributed by atoms with Crippen molar-refractivity contribution >= 4 is 27.0 Å². The summed E-state index contributed by atoms with van der Waals surface area (Å²) in [6, 6.07) is 2.11. The summed E-state index contributed by atoms with van der Waals surface area (Å²) >= 11 is 3.44. The monoisotopic (exact) mass is 267 g/mol. The fourth-order valence-corrected chi connectivity index (χ4v) is 1.91. The number of H-pyrrole nitrogens is 1. The molecule has 0 unspecified atom stereocenters. The van der Waals surface area contributed by atoms with E-state index in [2.05, 4.69) is 51.0 Å². The van der Waals surface area contributed by atoms with Crippen LogP contribution < -0.4 is 0 Å². The van der Waals surface area contributed by atoms with Crippen LogP contribution in [0, 0.1) is 0 Å². The Morgan fingerprint density at radius 2 is 2.27 bits per heavy atom. The van der Waals surface area contributed by atoms with Crippen molar-refractivity contribution in [2.24, 2.45) is 0 Å². The number of nitrogens with zero attached hydrogens (tertiary/aromatic N) is 2. The van der Waals surface area contributed by atoms with Gasteiger partial charge in [0, 0.05) is 28.8 Å². The summed E-state index contributed by atoms with van der Waals surface area (Å²) in [6.07, 6.45) is 4.91. The molecule has 80 valence electrons. The van der Waals surface area contributed by atoms with Crippen molar-refractivity contribution in [2.75, 3.05) is 20.6 Å². The molecule has 2 aromatic heterocycles. The Hall–Kier alpha value is -0.870. The second kappa shape index (κ2) is 4.33. The lowest BCUT2D eigenvalue weighted by molar-refractivity contribution is 0.414. The molecule has 0 aliphatic heterocycles. The number of likely N-dealkylation sites (N-methyl/N-ethyl adjacent to an activating group) is 1. The first-order chi connectivity index (χ1) is 7.16. The third-order valence-electron chi connectivity index (χ3n) is 2.41. The smallest absolute Gasteiger partial charge is 0.137 e. The number of hydrogen-bond acceptors (Lipinski definition) is 2. The van der Waals surface area contributed by atoms with Gasteiger partial charge in [-0.25, -0.2) is 4.98 Å². The van der Waals surface area contributed by atoms with E-state index in [1.807, 2.05) is 12.4 Å². The van der Waals surface area contributed by atoms with E-state index in [1.165, 1.54) is 10.9 Å². The van der Waals surface area contributed by atoms with Crippen LogP contribution in [0.25, 0.3) is 11.0 Å². The second-order valence-electron chi connectivity index (χ2n) is 3.92. The Balaban J connectivity index is 2.31. The number of aromatic nitrogens is 2. The average Bonchev–Trinajstić information content (AvgIpc) is 2.57. The van der Waals surface area contributed by atoms with Gasteiger partial charge in [0.25, 0.3) is 0 Å². The van der Waals surface area contributed by atoms with Crippen molar-refractivity contribution in [1.29, 1.82) is 0 Å². The SMILES string of the molecule is CN(C)CCc1c[nH]c2ncc(Br)cc12. The minimum absolute atomic E-state index is 0.965. The van der Waals surface area contributed by atoms with Gasteiger partial charge in [-0.05, 0) is 48.1 Å². The van der Waals surface area contributed by atoms with E-state index < -0.39 is 0 Å². The lowest BCUT2D eigenvalue weighted by Gasteiger charge is -2.07. The van der Waals surface area contributed by atoms with Crippen LogP contribution in [0.2, 0.25) is 0 Å². The lowest BCUT2D eigenvalue weighted by atomic mass is 10.1. The standard InChI is InChI=1S/C11H14BrN3/c1-15(2)4-3-8-6-13-11-10(8)5-9(12)7-14-11/h5-7H,3-4H2,1-2H3,(H,13,14). The molecule has 4 heteroatoms. The van der Waals surface area contributed by atoms with E-state index in [9.17, 15) is 0 Å². The van der Waals surface area contributed by atoms with Crippen molar-refractivity contribution in [1.82, 2.24) is 14.9 Å². The highest BCUT2D eigenvalue weighted by Crippen LogP contribution is 2.20. The average molecular weight is 268 g/mol. The van der Waals surface area contributed by atoms with E-state index in [4.69, 9.17) is 0 Å². The summed E-state index contributed by atoms with van der Waals surface area (Å²) in [5.41, 5.74) is 2.29. The van der Waals surface area contributed by atoms with Crippen LogP contribution in [-0.4, -0.2) is 35.5 Å². The van der Waals surface area contributed by atoms with Crippen LogP contribution in [0.3, 0.4) is 0 Å². The van der Waals surface area contributed by atoms with Gasteiger partial charge in [0.2, 0.25) is 0 Å². The molecule has 15 heavy (non-hydrogen) atoms. The van der Waals surface area contributed by atoms with Crippen LogP contribution in [0.5, 0.6) is 0 Å². The van der Waals surface area contributed by atoms with Gasteiger partial charge >= 0.3 is 0 Å². The molecule has 0 saturated heterocycles. The summed E-state index contributed by atoms with van der Waals surface area (Å²) in [5.74, 6) is 0. The quantitative estimate of drug-likeness (QED) is 0.927. The topological polar surface area (TPSA) is 31.9 Å². The first-order valence-electron chi connectivity index (χ1n) is 4.93. The predicted molar refractivity (Wildman–Crippen MR) is 66.1 cm³/mol. The molecule has 0 spiro atoms. The Bertz CT molecular complexity index is 462. The first-order valence-corrected chi connectivity index (χ1v) is 5.72. The van der Waals surface area contributed by atoms with Gasteiger partial charge in [0.15, 0.2) is 0 Å². The zero-order chi connectivity index (χ0) is 10.8. The molecule has 2 aromatic rings. The van der Waals surface area contributed by atoms with E-state index in [-0.39, 0.29) is 0 Å². The van der Waals surface area contributed by atoms with Crippen LogP contribution in [-0.2, 0) is 6.42 Å². The zero-order valence-electron chi connectivity index (χ0n) is 8.92. The highest BCUT2D eigenvalue weighted by atomic mass is 79.9. The highest BCUT2D eigenvalue weighted by molar-refractivity contribution is 9.10. The summed E-state index contributed by atoms with van der Waals surface area (Å²) < 4.78 is 1.03. The minimum atomic E-state index is 0.965. The maximum absolute atomic E-state index is 4.31. The number of rotatable bonds is 3. The van der Waals surface area contributed by atoms with Crippen LogP contribution in [0.1, 0.15) is 5.56 Å². The Morgan fingerprint density at radius 1 is 1.47 bits per heavy atom. The van der Waals surface area contributed by atoms with Crippen LogP contribution in [0.15, 0.2) is 22.9 Å². The van der Waals surface area contributed by atoms with Gasteiger partial charge in [0.1, 0.15) is 5.65 Å². The molecule has 0 amide bonds. The molecule has 1 N–H and O–H groups in total. The second-order valence-corrected chi connectivity index (χ2v) is 4.83. The number of pyridine rings is 1. The van der Waals surface area contributed by atoms with Gasteiger partial charge < -0.3 is 9.88 Å². The molecule has 2 heterocycles. The molecule has 2 rings (SSSR count). The number of fused-ring (bicyclic) bond motifs is 1. The van der Waals surface area contributed by atoms with Gasteiger partial charge in [-0.15, -0.1) is 0 Å². The summed E-state index contributed by atoms with van der Waals surface area (Å²) in [6.45, 7) is 1.06. The lowest BCUT2D eigenvalue weighted by Crippen LogP contribution is -2.14. The third kappa shape index (κ3) is 2.38. The van der Waals surface area contributed by atoms with E-state index in [0.29, 0.717) is 0 Å². The number of nitrogens with one attached hydrogen (secondary N) is 1. The third-order valence-corrected chi connectivity index (χ3v) is 2.85. The molecule has 0 aromatic carbocycles. The fourth-order valence-electron chi connectivity index (χ4n) is 1.58. The molecule has 0 aliphatic rings. The maximum Gasteiger partial charge on any atom is 0.137 e. The molecular weight excluding hydrogens is 254 g/mol. The maximum atomic E-state index is 4.31. The molecule has 0 fully saturated rings. The molecule has 3 nitrogen and oxygen atoms in total. The summed E-state index contributed by atoms with van der Waals surface area (Å²) in [7, 11) is 4.17. The Kier molecular flexibility index (Phi) is 3.07. The fraction of sp³-hybridized carbons (Fsp3) is 0.364. The van der Waals surface area contributed by atoms with Gasteiger partial charge in [-0.2, -0.15) is 0 Å². The minimum Gasteiger partial charge on any atom is -0.346 e. The van der Waals surface area contributed by atoms with Crippen LogP contribution in [0.4, 0.5) is 0 Å². The highest BCUT2D eigenvalue weighted by Gasteiger charge is 2.05. The largest absolute Gasteiger partial charge is 0.346 e. The van der Waals surface area contributed by atoms with E-state index in [1.54, 1.807) is 0 Å². The van der Waals surface area contributed by atoms with Crippen molar-refractivity contribution < 1.29 is 0 Å². The van der Waals surface area contributed by atoms with Crippen molar-refractivity contribution in [3.05, 3.63) is 28.5 Å². The Labute approximate surface area is 97.6 Å². The predicted octanol–water partition coefficient (Wildman–Crippen LogP) is 2.43. The summed E-state index contributed by atoms with van der Waals surface area (Å²) in [5, 5.41) is 1.21. The number of hydrogen-bond donors (Lipinski definition) is 1. The molecule has 0 saturated carbocycles. The van der Waals surface area contributed by atoms with E-state index >= 15 is 0 Å². The summed E-state index contributed by atoms with van der Waals surface area (Å²) in [4.78, 5) is 9.69. The zero-order valence-corrected chi connectivity index (χ0v) is 10.5. The number of halogens is 1. The van der Waals surface area contributed by atoms with Crippen molar-refractivity contribution in [3.8, 4) is 0 Å². The molecule has 0 bridgehead atoms. The van der Waals surface area contributed by atoms with E-state index in [0.717, 1.165) is 23.1 Å². The normalized spacial score (nSPS) is 11.5. The molecular formula is C11H14BrN3. The Morgan fingerprint density at radius 3 is 3.00 bits per heavy atom.